The molecule has 1 aromatic rings. The normalized spacial score (nSPS) is 10.2. The summed E-state index contributed by atoms with van der Waals surface area (Å²) >= 11 is 0. The molecule has 0 bridgehead atoms. The number of hydrogen-bond acceptors (Lipinski definition) is 3. The molecule has 0 aliphatic rings. The van der Waals surface area contributed by atoms with Crippen LogP contribution in [-0.4, -0.2) is 33.1 Å². The summed E-state index contributed by atoms with van der Waals surface area (Å²) in [6.45, 7) is 0.680. The molecule has 0 aromatic heterocycles. The monoisotopic (exact) mass is 260 g/mol. The second-order valence-electron chi connectivity index (χ2n) is 3.30. The Morgan fingerprint density at radius 2 is 2.11 bits per heavy atom. The zero-order valence-electron chi connectivity index (χ0n) is 9.83. The third-order valence-electron chi connectivity index (χ3n) is 1.94. The SMILES string of the molecule is COCCOCNC(=O)Nc1cc(F)ccc1F. The molecule has 0 saturated heterocycles. The van der Waals surface area contributed by atoms with E-state index in [0.29, 0.717) is 13.2 Å². The van der Waals surface area contributed by atoms with Crippen LogP contribution in [-0.2, 0) is 9.47 Å². The van der Waals surface area contributed by atoms with Gasteiger partial charge in [0.1, 0.15) is 18.4 Å². The Kier molecular flexibility index (Phi) is 6.03. The summed E-state index contributed by atoms with van der Waals surface area (Å²) in [6, 6.07) is 2.10. The van der Waals surface area contributed by atoms with Crippen molar-refractivity contribution < 1.29 is 23.0 Å². The standard InChI is InChI=1S/C11H14F2N2O3/c1-17-4-5-18-7-14-11(16)15-10-6-8(12)2-3-9(10)13/h2-3,6H,4-5,7H2,1H3,(H2,14,15,16). The molecule has 0 spiro atoms. The van der Waals surface area contributed by atoms with Crippen molar-refractivity contribution in [1.29, 1.82) is 0 Å². The summed E-state index contributed by atoms with van der Waals surface area (Å²) in [5.74, 6) is -1.35. The maximum atomic E-state index is 13.2. The number of rotatable bonds is 6. The quantitative estimate of drug-likeness (QED) is 0.604. The molecular formula is C11H14F2N2O3. The minimum atomic E-state index is -0.716. The molecule has 0 heterocycles. The Morgan fingerprint density at radius 1 is 1.33 bits per heavy atom. The van der Waals surface area contributed by atoms with Crippen LogP contribution in [0.25, 0.3) is 0 Å². The van der Waals surface area contributed by atoms with Crippen LogP contribution in [0, 0.1) is 11.6 Å². The van der Waals surface area contributed by atoms with Crippen molar-refractivity contribution in [3.63, 3.8) is 0 Å². The molecule has 1 rings (SSSR count). The second-order valence-corrected chi connectivity index (χ2v) is 3.30. The number of benzene rings is 1. The van der Waals surface area contributed by atoms with E-state index in [1.807, 2.05) is 0 Å². The first kappa shape index (κ1) is 14.3. The summed E-state index contributed by atoms with van der Waals surface area (Å²) in [5, 5.41) is 4.49. The average molecular weight is 260 g/mol. The van der Waals surface area contributed by atoms with Gasteiger partial charge < -0.3 is 20.1 Å². The molecule has 0 saturated carbocycles. The Bertz CT molecular complexity index is 402. The van der Waals surface area contributed by atoms with Crippen LogP contribution < -0.4 is 10.6 Å². The van der Waals surface area contributed by atoms with E-state index in [4.69, 9.17) is 9.47 Å². The molecule has 2 amide bonds. The molecule has 0 unspecified atom stereocenters. The highest BCUT2D eigenvalue weighted by atomic mass is 19.1. The molecule has 7 heteroatoms. The number of hydrogen-bond donors (Lipinski definition) is 2. The van der Waals surface area contributed by atoms with Crippen molar-refractivity contribution in [1.82, 2.24) is 5.32 Å². The average Bonchev–Trinajstić information content (AvgIpc) is 2.33. The lowest BCUT2D eigenvalue weighted by Crippen LogP contribution is -2.31. The lowest BCUT2D eigenvalue weighted by Gasteiger charge is -2.08. The van der Waals surface area contributed by atoms with Crippen molar-refractivity contribution >= 4 is 11.7 Å². The first-order valence-corrected chi connectivity index (χ1v) is 5.20. The largest absolute Gasteiger partial charge is 0.382 e. The van der Waals surface area contributed by atoms with Crippen LogP contribution in [0.1, 0.15) is 0 Å². The van der Waals surface area contributed by atoms with Gasteiger partial charge in [-0.15, -0.1) is 0 Å². The predicted molar refractivity (Wildman–Crippen MR) is 61.2 cm³/mol. The van der Waals surface area contributed by atoms with Gasteiger partial charge in [-0.2, -0.15) is 0 Å². The molecule has 5 nitrogen and oxygen atoms in total. The Morgan fingerprint density at radius 3 is 2.83 bits per heavy atom. The molecule has 0 atom stereocenters. The van der Waals surface area contributed by atoms with Gasteiger partial charge in [-0.25, -0.2) is 13.6 Å². The third kappa shape index (κ3) is 5.07. The predicted octanol–water partition coefficient (Wildman–Crippen LogP) is 1.71. The minimum absolute atomic E-state index is 0.0495. The summed E-state index contributed by atoms with van der Waals surface area (Å²) in [7, 11) is 1.52. The van der Waals surface area contributed by atoms with Crippen LogP contribution in [0.5, 0.6) is 0 Å². The van der Waals surface area contributed by atoms with Gasteiger partial charge in [0, 0.05) is 13.2 Å². The smallest absolute Gasteiger partial charge is 0.321 e. The van der Waals surface area contributed by atoms with Gasteiger partial charge in [0.05, 0.1) is 18.9 Å². The van der Waals surface area contributed by atoms with Crippen molar-refractivity contribution in [2.45, 2.75) is 0 Å². The van der Waals surface area contributed by atoms with Crippen LogP contribution in [0.15, 0.2) is 18.2 Å². The molecule has 0 fully saturated rings. The van der Waals surface area contributed by atoms with E-state index in [9.17, 15) is 13.6 Å². The maximum absolute atomic E-state index is 13.2. The summed E-state index contributed by atoms with van der Waals surface area (Å²) in [5.41, 5.74) is -0.232. The molecular weight excluding hydrogens is 246 g/mol. The minimum Gasteiger partial charge on any atom is -0.382 e. The first-order valence-electron chi connectivity index (χ1n) is 5.20. The number of anilines is 1. The van der Waals surface area contributed by atoms with Crippen molar-refractivity contribution in [2.24, 2.45) is 0 Å². The molecule has 100 valence electrons. The zero-order chi connectivity index (χ0) is 13.4. The third-order valence-corrected chi connectivity index (χ3v) is 1.94. The fourth-order valence-corrected chi connectivity index (χ4v) is 1.09. The summed E-state index contributed by atoms with van der Waals surface area (Å²) in [4.78, 5) is 11.3. The van der Waals surface area contributed by atoms with Gasteiger partial charge >= 0.3 is 6.03 Å². The van der Waals surface area contributed by atoms with Crippen LogP contribution >= 0.6 is 0 Å². The van der Waals surface area contributed by atoms with Gasteiger partial charge in [0.15, 0.2) is 0 Å². The molecule has 1 aromatic carbocycles. The van der Waals surface area contributed by atoms with Crippen molar-refractivity contribution in [2.75, 3.05) is 32.4 Å². The van der Waals surface area contributed by atoms with E-state index in [-0.39, 0.29) is 12.4 Å². The van der Waals surface area contributed by atoms with Crippen molar-refractivity contribution in [3.05, 3.63) is 29.8 Å². The number of ether oxygens (including phenoxy) is 2. The van der Waals surface area contributed by atoms with Gasteiger partial charge in [-0.05, 0) is 12.1 Å². The fourth-order valence-electron chi connectivity index (χ4n) is 1.09. The van der Waals surface area contributed by atoms with Gasteiger partial charge in [0.25, 0.3) is 0 Å². The van der Waals surface area contributed by atoms with Gasteiger partial charge in [0.2, 0.25) is 0 Å². The highest BCUT2D eigenvalue weighted by Crippen LogP contribution is 2.14. The Hall–Kier alpha value is -1.73. The van der Waals surface area contributed by atoms with Gasteiger partial charge in [-0.3, -0.25) is 0 Å². The number of carbonyl (C=O) groups is 1. The zero-order valence-corrected chi connectivity index (χ0v) is 9.83. The lowest BCUT2D eigenvalue weighted by molar-refractivity contribution is 0.0650. The molecule has 2 N–H and O–H groups in total. The van der Waals surface area contributed by atoms with E-state index in [1.165, 1.54) is 7.11 Å². The Balaban J connectivity index is 2.33. The number of amides is 2. The number of halogens is 2. The van der Waals surface area contributed by atoms with E-state index in [0.717, 1.165) is 18.2 Å². The topological polar surface area (TPSA) is 59.6 Å². The molecule has 0 radical (unpaired) electrons. The van der Waals surface area contributed by atoms with E-state index >= 15 is 0 Å². The highest BCUT2D eigenvalue weighted by Gasteiger charge is 2.07. The van der Waals surface area contributed by atoms with Crippen LogP contribution in [0.3, 0.4) is 0 Å². The summed E-state index contributed by atoms with van der Waals surface area (Å²) < 4.78 is 35.7. The molecule has 18 heavy (non-hydrogen) atoms. The van der Waals surface area contributed by atoms with Gasteiger partial charge in [-0.1, -0.05) is 0 Å². The second kappa shape index (κ2) is 7.57. The van der Waals surface area contributed by atoms with Crippen LogP contribution in [0.4, 0.5) is 19.3 Å². The van der Waals surface area contributed by atoms with E-state index in [1.54, 1.807) is 0 Å². The first-order chi connectivity index (χ1) is 8.63. The number of urea groups is 1. The molecule has 0 aliphatic carbocycles. The van der Waals surface area contributed by atoms with Crippen LogP contribution in [0.2, 0.25) is 0 Å². The summed E-state index contributed by atoms with van der Waals surface area (Å²) in [6.07, 6.45) is 0. The fraction of sp³-hybridized carbons (Fsp3) is 0.364. The van der Waals surface area contributed by atoms with E-state index < -0.39 is 17.7 Å². The van der Waals surface area contributed by atoms with E-state index in [2.05, 4.69) is 10.6 Å². The molecule has 0 aliphatic heterocycles. The number of carbonyl (C=O) groups excluding carboxylic acids is 1. The highest BCUT2D eigenvalue weighted by molar-refractivity contribution is 5.89. The number of nitrogens with one attached hydrogen (secondary N) is 2. The number of methoxy groups -OCH3 is 1. The Labute approximate surface area is 103 Å². The van der Waals surface area contributed by atoms with Crippen molar-refractivity contribution in [3.8, 4) is 0 Å². The maximum Gasteiger partial charge on any atom is 0.321 e. The lowest BCUT2D eigenvalue weighted by atomic mass is 10.3.